The molecule has 7 N–H and O–H groups in total. The number of aliphatic hydroxyl groups excluding tert-OH is 2. The lowest BCUT2D eigenvalue weighted by atomic mass is 9.57. The van der Waals surface area contributed by atoms with Crippen LogP contribution in [-0.2, 0) is 25.6 Å². The molecular formula is C29H36N4O9. The molecule has 0 bridgehead atoms. The minimum atomic E-state index is -2.73. The van der Waals surface area contributed by atoms with Crippen LogP contribution in [0.4, 0.5) is 5.69 Å². The van der Waals surface area contributed by atoms with E-state index in [1.54, 1.807) is 0 Å². The number of benzene rings is 1. The van der Waals surface area contributed by atoms with E-state index in [0.29, 0.717) is 12.0 Å². The van der Waals surface area contributed by atoms with Gasteiger partial charge in [0.2, 0.25) is 11.7 Å². The summed E-state index contributed by atoms with van der Waals surface area (Å²) in [6, 6.07) is -0.141. The first kappa shape index (κ1) is 29.5. The molecule has 1 aromatic rings. The van der Waals surface area contributed by atoms with Crippen molar-refractivity contribution in [1.82, 2.24) is 9.80 Å². The molecule has 13 heteroatoms. The molecule has 0 unspecified atom stereocenters. The second kappa shape index (κ2) is 10.4. The zero-order valence-electron chi connectivity index (χ0n) is 23.9. The summed E-state index contributed by atoms with van der Waals surface area (Å²) in [5.74, 6) is -7.56. The third-order valence-electron chi connectivity index (χ3n) is 9.23. The predicted octanol–water partition coefficient (Wildman–Crippen LogP) is 0.395. The number of phenols is 1. The summed E-state index contributed by atoms with van der Waals surface area (Å²) in [4.78, 5) is 55.9. The van der Waals surface area contributed by atoms with Crippen molar-refractivity contribution in [3.63, 3.8) is 0 Å². The number of hydrogen-bond acceptors (Lipinski definition) is 11. The average Bonchev–Trinajstić information content (AvgIpc) is 2.92. The number of carbonyl (C=O) groups is 4. The van der Waals surface area contributed by atoms with Gasteiger partial charge in [-0.05, 0) is 59.3 Å². The molecule has 2 amide bonds. The number of fused-ring (bicyclic) bond motifs is 3. The van der Waals surface area contributed by atoms with Gasteiger partial charge in [0.15, 0.2) is 17.1 Å². The number of phenolic OH excluding ortho intramolecular Hbond substituents is 1. The van der Waals surface area contributed by atoms with Crippen LogP contribution < -0.4 is 15.8 Å². The van der Waals surface area contributed by atoms with E-state index in [0.717, 1.165) is 19.4 Å². The molecule has 0 spiro atoms. The molecule has 1 saturated carbocycles. The number of nitrogens with one attached hydrogen (secondary N) is 1. The number of nitrogens with two attached hydrogens (primary N) is 1. The average molecular weight is 585 g/mol. The number of ether oxygens (including phenoxy) is 1. The Morgan fingerprint density at radius 2 is 1.88 bits per heavy atom. The Morgan fingerprint density at radius 1 is 1.19 bits per heavy atom. The number of primary amides is 1. The molecule has 3 aliphatic carbocycles. The maximum atomic E-state index is 14.0. The van der Waals surface area contributed by atoms with Gasteiger partial charge in [0.25, 0.3) is 5.91 Å². The number of piperidine rings is 1. The van der Waals surface area contributed by atoms with Crippen molar-refractivity contribution in [3.8, 4) is 11.5 Å². The van der Waals surface area contributed by atoms with Crippen molar-refractivity contribution in [2.45, 2.75) is 49.8 Å². The van der Waals surface area contributed by atoms with Gasteiger partial charge in [-0.2, -0.15) is 0 Å². The number of rotatable bonds is 5. The van der Waals surface area contributed by atoms with Crippen LogP contribution in [0.25, 0.3) is 5.76 Å². The summed E-state index contributed by atoms with van der Waals surface area (Å²) in [5, 5.41) is 48.3. The van der Waals surface area contributed by atoms with Gasteiger partial charge in [0.1, 0.15) is 22.8 Å². The van der Waals surface area contributed by atoms with Crippen LogP contribution in [0.2, 0.25) is 0 Å². The first-order chi connectivity index (χ1) is 19.7. The lowest BCUT2D eigenvalue weighted by Gasteiger charge is -2.50. The van der Waals surface area contributed by atoms with Crippen LogP contribution in [0.15, 0.2) is 23.0 Å². The maximum Gasteiger partial charge on any atom is 0.255 e. The van der Waals surface area contributed by atoms with Crippen LogP contribution in [0, 0.1) is 11.8 Å². The summed E-state index contributed by atoms with van der Waals surface area (Å²) in [7, 11) is 6.31. The zero-order valence-corrected chi connectivity index (χ0v) is 23.9. The SMILES string of the molecule is COc1cc(NC(=O)[C@H]2CCCCN2C)c(O)c2c1C[C@H]1C[C@H]3[C@H](N(C)C)C(=O)C(C(N)=O)=C(O)[C@@]3(O)C(=O)C1=C2O. The second-order valence-corrected chi connectivity index (χ2v) is 11.8. The van der Waals surface area contributed by atoms with E-state index in [9.17, 15) is 39.6 Å². The molecular weight excluding hydrogens is 548 g/mol. The van der Waals surface area contributed by atoms with E-state index in [-0.39, 0.29) is 41.3 Å². The quantitative estimate of drug-likeness (QED) is 0.206. The van der Waals surface area contributed by atoms with Crippen LogP contribution in [0.1, 0.15) is 36.8 Å². The lowest BCUT2D eigenvalue weighted by Crippen LogP contribution is -2.65. The van der Waals surface area contributed by atoms with Crippen LogP contribution in [0.3, 0.4) is 0 Å². The standard InChI is InChI=1S/C29H36N4O9/c1-32(2)21-14-10-12-9-13-17(42-4)11-15(31-28(40)16-7-5-6-8-33(16)3)22(34)19(13)23(35)18(12)25(37)29(14,41)26(38)20(24(21)36)27(30)39/h11-12,14,16,21,34-35,38,41H,5-10H2,1-4H3,(H2,30,39)(H,31,40)/t12-,14-,16+,21-,29-/m0/s1. The van der Waals surface area contributed by atoms with E-state index < -0.39 is 69.8 Å². The van der Waals surface area contributed by atoms with Gasteiger partial charge in [0, 0.05) is 23.1 Å². The molecule has 5 atom stereocenters. The summed E-state index contributed by atoms with van der Waals surface area (Å²) < 4.78 is 5.57. The number of likely N-dealkylation sites (tertiary alicyclic amines) is 1. The Kier molecular flexibility index (Phi) is 7.32. The summed E-state index contributed by atoms with van der Waals surface area (Å²) in [6.45, 7) is 0.747. The van der Waals surface area contributed by atoms with Gasteiger partial charge < -0.3 is 36.2 Å². The highest BCUT2D eigenvalue weighted by Gasteiger charge is 2.64. The molecule has 4 aliphatic rings. The van der Waals surface area contributed by atoms with Crippen LogP contribution >= 0.6 is 0 Å². The number of aromatic hydroxyl groups is 1. The number of likely N-dealkylation sites (N-methyl/N-ethyl adjacent to an activating group) is 2. The summed E-state index contributed by atoms with van der Waals surface area (Å²) >= 11 is 0. The first-order valence-electron chi connectivity index (χ1n) is 13.8. The van der Waals surface area contributed by atoms with Gasteiger partial charge in [-0.25, -0.2) is 0 Å². The Balaban J connectivity index is 1.64. The summed E-state index contributed by atoms with van der Waals surface area (Å²) in [6.07, 6.45) is 2.52. The Morgan fingerprint density at radius 3 is 2.48 bits per heavy atom. The highest BCUT2D eigenvalue weighted by molar-refractivity contribution is 6.24. The topological polar surface area (TPSA) is 203 Å². The number of nitrogens with zero attached hydrogens (tertiary/aromatic N) is 2. The number of Topliss-reactive ketones (excluding diaryl/α,β-unsaturated/α-hetero) is 2. The molecule has 13 nitrogen and oxygen atoms in total. The number of hydrogen-bond donors (Lipinski definition) is 6. The minimum absolute atomic E-state index is 0.0327. The smallest absolute Gasteiger partial charge is 0.255 e. The highest BCUT2D eigenvalue weighted by Crippen LogP contribution is 2.54. The largest absolute Gasteiger partial charge is 0.508 e. The van der Waals surface area contributed by atoms with Crippen molar-refractivity contribution in [2.75, 3.05) is 40.1 Å². The van der Waals surface area contributed by atoms with Crippen molar-refractivity contribution in [2.24, 2.45) is 17.6 Å². The molecule has 5 rings (SSSR count). The molecule has 226 valence electrons. The van der Waals surface area contributed by atoms with E-state index in [1.165, 1.54) is 32.2 Å². The number of aliphatic hydroxyl groups is 3. The molecule has 0 radical (unpaired) electrons. The van der Waals surface area contributed by atoms with Gasteiger partial charge in [-0.1, -0.05) is 6.42 Å². The molecule has 1 heterocycles. The van der Waals surface area contributed by atoms with Gasteiger partial charge >= 0.3 is 0 Å². The van der Waals surface area contributed by atoms with Gasteiger partial charge in [0.05, 0.1) is 30.4 Å². The fraction of sp³-hybridized carbons (Fsp3) is 0.517. The Hall–Kier alpha value is -3.94. The monoisotopic (exact) mass is 584 g/mol. The highest BCUT2D eigenvalue weighted by atomic mass is 16.5. The molecule has 42 heavy (non-hydrogen) atoms. The van der Waals surface area contributed by atoms with Crippen LogP contribution in [0.5, 0.6) is 11.5 Å². The first-order valence-corrected chi connectivity index (χ1v) is 13.8. The number of amides is 2. The fourth-order valence-electron chi connectivity index (χ4n) is 7.18. The fourth-order valence-corrected chi connectivity index (χ4v) is 7.18. The number of methoxy groups -OCH3 is 1. The third kappa shape index (κ3) is 4.17. The van der Waals surface area contributed by atoms with E-state index in [4.69, 9.17) is 10.5 Å². The molecule has 1 aromatic carbocycles. The Bertz CT molecular complexity index is 1470. The molecule has 1 saturated heterocycles. The predicted molar refractivity (Wildman–Crippen MR) is 150 cm³/mol. The van der Waals surface area contributed by atoms with E-state index in [2.05, 4.69) is 5.32 Å². The third-order valence-corrected chi connectivity index (χ3v) is 9.23. The number of anilines is 1. The lowest BCUT2D eigenvalue weighted by molar-refractivity contribution is -0.153. The number of carbonyl (C=O) groups excluding carboxylic acids is 4. The Labute approximate surface area is 242 Å². The minimum Gasteiger partial charge on any atom is -0.508 e. The zero-order chi connectivity index (χ0) is 30.8. The van der Waals surface area contributed by atoms with Crippen molar-refractivity contribution in [3.05, 3.63) is 34.1 Å². The van der Waals surface area contributed by atoms with Crippen LogP contribution in [-0.4, -0.2) is 106 Å². The maximum absolute atomic E-state index is 14.0. The van der Waals surface area contributed by atoms with Crippen molar-refractivity contribution in [1.29, 1.82) is 0 Å². The van der Waals surface area contributed by atoms with Crippen molar-refractivity contribution >= 4 is 34.8 Å². The molecule has 1 aliphatic heterocycles. The summed E-state index contributed by atoms with van der Waals surface area (Å²) in [5.41, 5.74) is 1.65. The van der Waals surface area contributed by atoms with E-state index >= 15 is 0 Å². The van der Waals surface area contributed by atoms with Crippen molar-refractivity contribution < 1.29 is 44.3 Å². The second-order valence-electron chi connectivity index (χ2n) is 11.8. The molecule has 0 aromatic heterocycles. The van der Waals surface area contributed by atoms with E-state index in [1.807, 2.05) is 11.9 Å². The molecule has 2 fully saturated rings. The van der Waals surface area contributed by atoms with Gasteiger partial charge in [-0.15, -0.1) is 0 Å². The van der Waals surface area contributed by atoms with Gasteiger partial charge in [-0.3, -0.25) is 29.0 Å². The number of ketones is 2. The normalized spacial score (nSPS) is 29.7.